The third-order valence-electron chi connectivity index (χ3n) is 4.08. The molecule has 0 radical (unpaired) electrons. The van der Waals surface area contributed by atoms with Crippen molar-refractivity contribution in [1.29, 1.82) is 0 Å². The van der Waals surface area contributed by atoms with Crippen LogP contribution in [0.2, 0.25) is 0 Å². The molecule has 0 aromatic heterocycles. The molecule has 21 heavy (non-hydrogen) atoms. The molecule has 0 bridgehead atoms. The number of hydrogen-bond acceptors (Lipinski definition) is 3. The van der Waals surface area contributed by atoms with E-state index >= 15 is 0 Å². The molecule has 2 aromatic carbocycles. The maximum atomic E-state index is 12.6. The molecule has 3 rings (SSSR count). The van der Waals surface area contributed by atoms with Gasteiger partial charge in [0, 0.05) is 11.4 Å². The predicted molar refractivity (Wildman–Crippen MR) is 82.5 cm³/mol. The molecule has 112 valence electrons. The van der Waals surface area contributed by atoms with Gasteiger partial charge in [-0.25, -0.2) is 13.1 Å². The Morgan fingerprint density at radius 1 is 1.00 bits per heavy atom. The van der Waals surface area contributed by atoms with Crippen LogP contribution in [0.15, 0.2) is 47.4 Å². The average molecular weight is 305 g/mol. The van der Waals surface area contributed by atoms with Gasteiger partial charge in [0.15, 0.2) is 0 Å². The van der Waals surface area contributed by atoms with E-state index in [1.807, 2.05) is 24.3 Å². The SMILES string of the molecule is O=S(=O)(N[C@@H]1CCCC[C@H]1O)c1cccc2ccccc12. The molecular weight excluding hydrogens is 286 g/mol. The summed E-state index contributed by atoms with van der Waals surface area (Å²) in [6.07, 6.45) is 2.64. The first-order valence-corrected chi connectivity index (χ1v) is 8.74. The molecule has 0 spiro atoms. The molecule has 1 saturated carbocycles. The highest BCUT2D eigenvalue weighted by Gasteiger charge is 2.28. The molecule has 2 N–H and O–H groups in total. The number of aliphatic hydroxyl groups is 1. The second-order valence-electron chi connectivity index (χ2n) is 5.56. The summed E-state index contributed by atoms with van der Waals surface area (Å²) in [7, 11) is -3.63. The smallest absolute Gasteiger partial charge is 0.241 e. The third kappa shape index (κ3) is 2.95. The monoisotopic (exact) mass is 305 g/mol. The summed E-state index contributed by atoms with van der Waals surface area (Å²) < 4.78 is 28.0. The standard InChI is InChI=1S/C16H19NO3S/c18-15-10-4-3-9-14(15)17-21(19,20)16-11-5-7-12-6-1-2-8-13(12)16/h1-2,5-8,11,14-15,17-18H,3-4,9-10H2/t14-,15-/m1/s1. The van der Waals surface area contributed by atoms with Crippen LogP contribution < -0.4 is 4.72 Å². The van der Waals surface area contributed by atoms with Gasteiger partial charge in [-0.3, -0.25) is 0 Å². The van der Waals surface area contributed by atoms with Crippen molar-refractivity contribution >= 4 is 20.8 Å². The van der Waals surface area contributed by atoms with Crippen LogP contribution in [-0.4, -0.2) is 25.7 Å². The van der Waals surface area contributed by atoms with E-state index < -0.39 is 16.1 Å². The summed E-state index contributed by atoms with van der Waals surface area (Å²) in [4.78, 5) is 0.276. The lowest BCUT2D eigenvalue weighted by Crippen LogP contribution is -2.44. The first-order valence-electron chi connectivity index (χ1n) is 7.26. The second-order valence-corrected chi connectivity index (χ2v) is 7.24. The minimum Gasteiger partial charge on any atom is -0.391 e. The zero-order chi connectivity index (χ0) is 14.9. The van der Waals surface area contributed by atoms with Gasteiger partial charge in [0.1, 0.15) is 0 Å². The molecule has 2 aromatic rings. The zero-order valence-electron chi connectivity index (χ0n) is 11.7. The summed E-state index contributed by atoms with van der Waals surface area (Å²) in [5, 5.41) is 11.6. The number of aliphatic hydroxyl groups excluding tert-OH is 1. The second kappa shape index (κ2) is 5.75. The van der Waals surface area contributed by atoms with Gasteiger partial charge in [0.05, 0.1) is 11.0 Å². The molecule has 1 fully saturated rings. The van der Waals surface area contributed by atoms with Crippen LogP contribution in [-0.2, 0) is 10.0 Å². The molecule has 0 saturated heterocycles. The Balaban J connectivity index is 1.97. The maximum absolute atomic E-state index is 12.6. The van der Waals surface area contributed by atoms with Crippen molar-refractivity contribution in [1.82, 2.24) is 4.72 Å². The fourth-order valence-electron chi connectivity index (χ4n) is 2.94. The number of fused-ring (bicyclic) bond motifs is 1. The normalized spacial score (nSPS) is 23.3. The predicted octanol–water partition coefficient (Wildman–Crippen LogP) is 2.42. The van der Waals surface area contributed by atoms with Crippen LogP contribution in [0.25, 0.3) is 10.8 Å². The van der Waals surface area contributed by atoms with Crippen LogP contribution in [0.4, 0.5) is 0 Å². The number of nitrogens with one attached hydrogen (secondary N) is 1. The van der Waals surface area contributed by atoms with E-state index in [1.54, 1.807) is 18.2 Å². The summed E-state index contributed by atoms with van der Waals surface area (Å²) >= 11 is 0. The Labute approximate surface area is 124 Å². The summed E-state index contributed by atoms with van der Waals surface area (Å²) in [6, 6.07) is 12.3. The van der Waals surface area contributed by atoms with Crippen molar-refractivity contribution in [2.24, 2.45) is 0 Å². The topological polar surface area (TPSA) is 66.4 Å². The van der Waals surface area contributed by atoms with Gasteiger partial charge in [-0.1, -0.05) is 49.2 Å². The average Bonchev–Trinajstić information content (AvgIpc) is 2.49. The molecular formula is C16H19NO3S. The van der Waals surface area contributed by atoms with Crippen molar-refractivity contribution in [3.05, 3.63) is 42.5 Å². The highest BCUT2D eigenvalue weighted by Crippen LogP contribution is 2.25. The molecule has 1 aliphatic carbocycles. The van der Waals surface area contributed by atoms with E-state index in [0.717, 1.165) is 18.2 Å². The van der Waals surface area contributed by atoms with Gasteiger partial charge in [-0.15, -0.1) is 0 Å². The fraction of sp³-hybridized carbons (Fsp3) is 0.375. The molecule has 2 atom stereocenters. The van der Waals surface area contributed by atoms with Gasteiger partial charge in [-0.05, 0) is 24.3 Å². The lowest BCUT2D eigenvalue weighted by Gasteiger charge is -2.28. The van der Waals surface area contributed by atoms with Gasteiger partial charge in [-0.2, -0.15) is 0 Å². The minimum atomic E-state index is -3.63. The van der Waals surface area contributed by atoms with E-state index in [9.17, 15) is 13.5 Å². The van der Waals surface area contributed by atoms with Crippen molar-refractivity contribution in [3.8, 4) is 0 Å². The van der Waals surface area contributed by atoms with E-state index in [4.69, 9.17) is 0 Å². The van der Waals surface area contributed by atoms with E-state index in [2.05, 4.69) is 4.72 Å². The lowest BCUT2D eigenvalue weighted by molar-refractivity contribution is 0.101. The Bertz CT molecular complexity index is 737. The first kappa shape index (κ1) is 14.5. The molecule has 0 unspecified atom stereocenters. The van der Waals surface area contributed by atoms with Gasteiger partial charge in [0.25, 0.3) is 0 Å². The van der Waals surface area contributed by atoms with E-state index in [1.165, 1.54) is 0 Å². The van der Waals surface area contributed by atoms with Crippen molar-refractivity contribution in [2.75, 3.05) is 0 Å². The quantitative estimate of drug-likeness (QED) is 0.915. The summed E-state index contributed by atoms with van der Waals surface area (Å²) in [6.45, 7) is 0. The zero-order valence-corrected chi connectivity index (χ0v) is 12.5. The Hall–Kier alpha value is -1.43. The van der Waals surface area contributed by atoms with Gasteiger partial charge < -0.3 is 5.11 Å². The first-order chi connectivity index (χ1) is 10.1. The van der Waals surface area contributed by atoms with Crippen LogP contribution in [0.3, 0.4) is 0 Å². The van der Waals surface area contributed by atoms with Crippen LogP contribution in [0, 0.1) is 0 Å². The van der Waals surface area contributed by atoms with Gasteiger partial charge >= 0.3 is 0 Å². The molecule has 4 nitrogen and oxygen atoms in total. The maximum Gasteiger partial charge on any atom is 0.241 e. The van der Waals surface area contributed by atoms with Crippen LogP contribution in [0.1, 0.15) is 25.7 Å². The Morgan fingerprint density at radius 3 is 2.52 bits per heavy atom. The Morgan fingerprint density at radius 2 is 1.71 bits per heavy atom. The largest absolute Gasteiger partial charge is 0.391 e. The number of benzene rings is 2. The summed E-state index contributed by atoms with van der Waals surface area (Å²) in [5.74, 6) is 0. The molecule has 0 aliphatic heterocycles. The highest BCUT2D eigenvalue weighted by molar-refractivity contribution is 7.89. The summed E-state index contributed by atoms with van der Waals surface area (Å²) in [5.41, 5.74) is 0. The van der Waals surface area contributed by atoms with Crippen molar-refractivity contribution < 1.29 is 13.5 Å². The van der Waals surface area contributed by atoms with Crippen molar-refractivity contribution in [2.45, 2.75) is 42.7 Å². The van der Waals surface area contributed by atoms with Crippen LogP contribution >= 0.6 is 0 Å². The van der Waals surface area contributed by atoms with E-state index in [-0.39, 0.29) is 10.9 Å². The Kier molecular flexibility index (Phi) is 3.97. The van der Waals surface area contributed by atoms with Crippen molar-refractivity contribution in [3.63, 3.8) is 0 Å². The number of sulfonamides is 1. The van der Waals surface area contributed by atoms with E-state index in [0.29, 0.717) is 18.2 Å². The molecule has 0 heterocycles. The minimum absolute atomic E-state index is 0.276. The van der Waals surface area contributed by atoms with Crippen LogP contribution in [0.5, 0.6) is 0 Å². The third-order valence-corrected chi connectivity index (χ3v) is 5.62. The highest BCUT2D eigenvalue weighted by atomic mass is 32.2. The lowest BCUT2D eigenvalue weighted by atomic mass is 9.93. The molecule has 5 heteroatoms. The fourth-order valence-corrected chi connectivity index (χ4v) is 4.48. The molecule has 1 aliphatic rings. The van der Waals surface area contributed by atoms with Gasteiger partial charge in [0.2, 0.25) is 10.0 Å². The number of rotatable bonds is 3. The number of hydrogen-bond donors (Lipinski definition) is 2. The molecule has 0 amide bonds.